The van der Waals surface area contributed by atoms with E-state index in [0.717, 1.165) is 4.57 Å². The second-order valence-corrected chi connectivity index (χ2v) is 6.02. The molecule has 7 nitrogen and oxygen atoms in total. The molecule has 0 radical (unpaired) electrons. The second-order valence-electron chi connectivity index (χ2n) is 5.11. The molecule has 0 unspecified atom stereocenters. The number of hydrogen-bond acceptors (Lipinski definition) is 5. The van der Waals surface area contributed by atoms with Crippen molar-refractivity contribution >= 4 is 33.1 Å². The highest BCUT2D eigenvalue weighted by Gasteiger charge is 2.14. The van der Waals surface area contributed by atoms with Crippen LogP contribution < -0.4 is 16.6 Å². The standard InChI is InChI=1S/C16H12N4O3S/c1-19-15(22)14-12(5-6-24-14)20(16(19)23)9-13(21)18-11-4-2-3-10(7-11)8-17/h2-7H,9H2,1H3,(H,18,21). The van der Waals surface area contributed by atoms with E-state index < -0.39 is 11.6 Å². The maximum atomic E-state index is 12.3. The molecule has 0 saturated heterocycles. The monoisotopic (exact) mass is 340 g/mol. The summed E-state index contributed by atoms with van der Waals surface area (Å²) in [5, 5.41) is 13.2. The zero-order valence-electron chi connectivity index (χ0n) is 12.6. The summed E-state index contributed by atoms with van der Waals surface area (Å²) in [5.41, 5.74) is 0.412. The number of carbonyl (C=O) groups is 1. The molecule has 0 atom stereocenters. The van der Waals surface area contributed by atoms with Gasteiger partial charge < -0.3 is 5.32 Å². The summed E-state index contributed by atoms with van der Waals surface area (Å²) in [4.78, 5) is 36.6. The quantitative estimate of drug-likeness (QED) is 0.776. The fourth-order valence-corrected chi connectivity index (χ4v) is 3.23. The van der Waals surface area contributed by atoms with Crippen LogP contribution in [-0.4, -0.2) is 15.0 Å². The molecule has 0 saturated carbocycles. The number of anilines is 1. The number of thiophene rings is 1. The first kappa shape index (κ1) is 15.7. The molecule has 2 aromatic heterocycles. The van der Waals surface area contributed by atoms with E-state index in [1.807, 2.05) is 6.07 Å². The van der Waals surface area contributed by atoms with E-state index in [-0.39, 0.29) is 12.1 Å². The molecule has 120 valence electrons. The van der Waals surface area contributed by atoms with E-state index >= 15 is 0 Å². The zero-order chi connectivity index (χ0) is 17.3. The molecule has 0 fully saturated rings. The van der Waals surface area contributed by atoms with E-state index in [1.165, 1.54) is 23.0 Å². The molecular weight excluding hydrogens is 328 g/mol. The molecule has 2 heterocycles. The number of nitriles is 1. The molecule has 3 rings (SSSR count). The molecule has 8 heteroatoms. The van der Waals surface area contributed by atoms with Gasteiger partial charge in [0.2, 0.25) is 5.91 Å². The topological polar surface area (TPSA) is 96.9 Å². The number of amides is 1. The van der Waals surface area contributed by atoms with Gasteiger partial charge in [0.1, 0.15) is 11.2 Å². The first-order valence-corrected chi connectivity index (χ1v) is 7.86. The van der Waals surface area contributed by atoms with Crippen molar-refractivity contribution < 1.29 is 4.79 Å². The Balaban J connectivity index is 1.94. The van der Waals surface area contributed by atoms with Crippen molar-refractivity contribution in [3.8, 4) is 6.07 Å². The highest BCUT2D eigenvalue weighted by atomic mass is 32.1. The van der Waals surface area contributed by atoms with Crippen molar-refractivity contribution in [3.05, 3.63) is 62.1 Å². The summed E-state index contributed by atoms with van der Waals surface area (Å²) in [6.07, 6.45) is 0. The summed E-state index contributed by atoms with van der Waals surface area (Å²) in [6.45, 7) is -0.225. The Kier molecular flexibility index (Phi) is 4.02. The van der Waals surface area contributed by atoms with Gasteiger partial charge in [-0.2, -0.15) is 5.26 Å². The van der Waals surface area contributed by atoms with Crippen LogP contribution in [0.5, 0.6) is 0 Å². The van der Waals surface area contributed by atoms with Crippen LogP contribution in [0.1, 0.15) is 5.56 Å². The van der Waals surface area contributed by atoms with Gasteiger partial charge in [-0.05, 0) is 29.6 Å². The lowest BCUT2D eigenvalue weighted by molar-refractivity contribution is -0.116. The van der Waals surface area contributed by atoms with Crippen molar-refractivity contribution in [1.82, 2.24) is 9.13 Å². The van der Waals surface area contributed by atoms with Gasteiger partial charge in [0.05, 0.1) is 17.1 Å². The SMILES string of the molecule is Cn1c(=O)c2sccc2n(CC(=O)Nc2cccc(C#N)c2)c1=O. The normalized spacial score (nSPS) is 10.5. The van der Waals surface area contributed by atoms with Crippen LogP contribution in [-0.2, 0) is 18.4 Å². The van der Waals surface area contributed by atoms with Crippen LogP contribution >= 0.6 is 11.3 Å². The Morgan fingerprint density at radius 1 is 1.33 bits per heavy atom. The number of fused-ring (bicyclic) bond motifs is 1. The van der Waals surface area contributed by atoms with Crippen LogP contribution in [0.4, 0.5) is 5.69 Å². The van der Waals surface area contributed by atoms with Crippen LogP contribution in [0, 0.1) is 11.3 Å². The van der Waals surface area contributed by atoms with Crippen molar-refractivity contribution in [3.63, 3.8) is 0 Å². The van der Waals surface area contributed by atoms with Gasteiger partial charge in [-0.1, -0.05) is 6.07 Å². The van der Waals surface area contributed by atoms with E-state index in [2.05, 4.69) is 5.32 Å². The fraction of sp³-hybridized carbons (Fsp3) is 0.125. The number of carbonyl (C=O) groups excluding carboxylic acids is 1. The molecule has 3 aromatic rings. The number of nitrogens with one attached hydrogen (secondary N) is 1. The number of hydrogen-bond donors (Lipinski definition) is 1. The fourth-order valence-electron chi connectivity index (χ4n) is 2.36. The van der Waals surface area contributed by atoms with Gasteiger partial charge in [0, 0.05) is 12.7 Å². The predicted molar refractivity (Wildman–Crippen MR) is 91.1 cm³/mol. The minimum absolute atomic E-state index is 0.225. The Bertz CT molecular complexity index is 1100. The zero-order valence-corrected chi connectivity index (χ0v) is 13.5. The molecule has 0 aliphatic heterocycles. The summed E-state index contributed by atoms with van der Waals surface area (Å²) in [5.74, 6) is -0.418. The van der Waals surface area contributed by atoms with Crippen LogP contribution in [0.3, 0.4) is 0 Å². The summed E-state index contributed by atoms with van der Waals surface area (Å²) in [6, 6.07) is 10.1. The average Bonchev–Trinajstić information content (AvgIpc) is 3.06. The number of benzene rings is 1. The Labute approximate surface area is 140 Å². The van der Waals surface area contributed by atoms with Gasteiger partial charge >= 0.3 is 5.69 Å². The Hall–Kier alpha value is -3.18. The van der Waals surface area contributed by atoms with E-state index in [0.29, 0.717) is 21.5 Å². The van der Waals surface area contributed by atoms with Gasteiger partial charge in [0.25, 0.3) is 5.56 Å². The van der Waals surface area contributed by atoms with Crippen LogP contribution in [0.15, 0.2) is 45.3 Å². The highest BCUT2D eigenvalue weighted by Crippen LogP contribution is 2.15. The van der Waals surface area contributed by atoms with Gasteiger partial charge in [-0.3, -0.25) is 18.7 Å². The second kappa shape index (κ2) is 6.14. The van der Waals surface area contributed by atoms with E-state index in [4.69, 9.17) is 5.26 Å². The van der Waals surface area contributed by atoms with Gasteiger partial charge in [-0.25, -0.2) is 4.79 Å². The number of nitrogens with zero attached hydrogens (tertiary/aromatic N) is 3. The number of rotatable bonds is 3. The first-order chi connectivity index (χ1) is 11.5. The van der Waals surface area contributed by atoms with Crippen molar-refractivity contribution in [2.45, 2.75) is 6.54 Å². The summed E-state index contributed by atoms with van der Waals surface area (Å²) >= 11 is 1.23. The van der Waals surface area contributed by atoms with Crippen molar-refractivity contribution in [2.24, 2.45) is 7.05 Å². The first-order valence-electron chi connectivity index (χ1n) is 6.98. The number of aromatic nitrogens is 2. The predicted octanol–water partition coefficient (Wildman–Crippen LogP) is 1.27. The Morgan fingerprint density at radius 2 is 2.12 bits per heavy atom. The molecule has 0 bridgehead atoms. The smallest absolute Gasteiger partial charge is 0.324 e. The highest BCUT2D eigenvalue weighted by molar-refractivity contribution is 7.17. The lowest BCUT2D eigenvalue weighted by Gasteiger charge is -2.10. The molecule has 0 spiro atoms. The van der Waals surface area contributed by atoms with Gasteiger partial charge in [-0.15, -0.1) is 11.3 Å². The Morgan fingerprint density at radius 3 is 2.88 bits per heavy atom. The van der Waals surface area contributed by atoms with E-state index in [9.17, 15) is 14.4 Å². The minimum Gasteiger partial charge on any atom is -0.324 e. The molecule has 0 aliphatic rings. The third-order valence-corrected chi connectivity index (χ3v) is 4.42. The summed E-state index contributed by atoms with van der Waals surface area (Å²) in [7, 11) is 1.38. The molecular formula is C16H12N4O3S. The largest absolute Gasteiger partial charge is 0.331 e. The van der Waals surface area contributed by atoms with Crippen molar-refractivity contribution in [2.75, 3.05) is 5.32 Å². The maximum Gasteiger partial charge on any atom is 0.331 e. The third kappa shape index (κ3) is 2.73. The average molecular weight is 340 g/mol. The summed E-state index contributed by atoms with van der Waals surface area (Å²) < 4.78 is 2.68. The molecule has 0 aliphatic carbocycles. The van der Waals surface area contributed by atoms with E-state index in [1.54, 1.807) is 35.7 Å². The van der Waals surface area contributed by atoms with Crippen molar-refractivity contribution in [1.29, 1.82) is 5.26 Å². The lowest BCUT2D eigenvalue weighted by Crippen LogP contribution is -2.39. The molecule has 1 N–H and O–H groups in total. The molecule has 1 amide bonds. The minimum atomic E-state index is -0.549. The molecule has 24 heavy (non-hydrogen) atoms. The third-order valence-electron chi connectivity index (χ3n) is 3.53. The van der Waals surface area contributed by atoms with Crippen LogP contribution in [0.2, 0.25) is 0 Å². The van der Waals surface area contributed by atoms with Gasteiger partial charge in [0.15, 0.2) is 0 Å². The maximum absolute atomic E-state index is 12.3. The molecule has 1 aromatic carbocycles. The lowest BCUT2D eigenvalue weighted by atomic mass is 10.2. The van der Waals surface area contributed by atoms with Crippen LogP contribution in [0.25, 0.3) is 10.2 Å².